The molecule has 11 heteroatoms. The minimum Gasteiger partial charge on any atom is -0.314 e. The van der Waals surface area contributed by atoms with Crippen molar-refractivity contribution in [2.75, 3.05) is 6.54 Å². The largest absolute Gasteiger partial charge is 0.418 e. The topological polar surface area (TPSA) is 109 Å². The molecule has 1 atom stereocenters. The van der Waals surface area contributed by atoms with E-state index in [9.17, 15) is 18.0 Å². The molecule has 2 bridgehead atoms. The predicted octanol–water partition coefficient (Wildman–Crippen LogP) is 0.347. The number of hydroxylamine groups is 2. The molecular formula is C10H13N3O6S2. The molecule has 1 aromatic heterocycles. The first-order valence-electron chi connectivity index (χ1n) is 6.29. The first kappa shape index (κ1) is 14.5. The van der Waals surface area contributed by atoms with Crippen LogP contribution in [0.3, 0.4) is 0 Å². The summed E-state index contributed by atoms with van der Waals surface area (Å²) in [5.74, 6) is 0. The average Bonchev–Trinajstić information content (AvgIpc) is 2.82. The van der Waals surface area contributed by atoms with E-state index in [0.29, 0.717) is 22.2 Å². The number of carbonyl (C=O) groups excluding carboxylic acids is 1. The fourth-order valence-corrected chi connectivity index (χ4v) is 4.12. The lowest BCUT2D eigenvalue weighted by Gasteiger charge is -2.22. The summed E-state index contributed by atoms with van der Waals surface area (Å²) in [5, 5.41) is 0.618. The number of amides is 2. The molecule has 1 N–H and O–H groups in total. The minimum atomic E-state index is -4.80. The quantitative estimate of drug-likeness (QED) is 0.795. The second-order valence-electron chi connectivity index (χ2n) is 4.84. The highest BCUT2D eigenvalue weighted by molar-refractivity contribution is 7.80. The second-order valence-corrected chi connectivity index (χ2v) is 6.84. The summed E-state index contributed by atoms with van der Waals surface area (Å²) in [7, 11) is -4.80. The first-order chi connectivity index (χ1) is 9.81. The number of hydrogen-bond acceptors (Lipinski definition) is 6. The Labute approximate surface area is 124 Å². The van der Waals surface area contributed by atoms with Gasteiger partial charge in [-0.3, -0.25) is 9.35 Å². The van der Waals surface area contributed by atoms with E-state index in [1.165, 1.54) is 4.90 Å². The molecule has 3 rings (SSSR count). The Morgan fingerprint density at radius 3 is 2.76 bits per heavy atom. The number of hydrogen-bond donors (Lipinski definition) is 1. The van der Waals surface area contributed by atoms with Gasteiger partial charge in [0.1, 0.15) is 6.04 Å². The van der Waals surface area contributed by atoms with Crippen molar-refractivity contribution >= 4 is 27.8 Å². The van der Waals surface area contributed by atoms with Gasteiger partial charge in [0.15, 0.2) is 0 Å². The lowest BCUT2D eigenvalue weighted by atomic mass is 10.1. The Hall–Kier alpha value is -1.43. The van der Waals surface area contributed by atoms with Crippen molar-refractivity contribution in [2.45, 2.75) is 32.5 Å². The molecule has 1 fully saturated rings. The molecule has 0 radical (unpaired) electrons. The summed E-state index contributed by atoms with van der Waals surface area (Å²) in [6.45, 7) is 2.94. The van der Waals surface area contributed by atoms with E-state index in [0.717, 1.165) is 17.8 Å². The van der Waals surface area contributed by atoms with Crippen molar-refractivity contribution in [1.29, 1.82) is 0 Å². The molecule has 0 aromatic carbocycles. The molecule has 0 spiro atoms. The third-order valence-electron chi connectivity index (χ3n) is 3.43. The average molecular weight is 335 g/mol. The van der Waals surface area contributed by atoms with Gasteiger partial charge in [-0.15, -0.1) is 4.28 Å². The maximum Gasteiger partial charge on any atom is 0.418 e. The summed E-state index contributed by atoms with van der Waals surface area (Å²) in [6.07, 6.45) is 0.771. The number of urea groups is 1. The van der Waals surface area contributed by atoms with Gasteiger partial charge in [-0.25, -0.2) is 4.79 Å². The van der Waals surface area contributed by atoms with Crippen LogP contribution in [0.2, 0.25) is 0 Å². The molecule has 1 aromatic rings. The van der Waals surface area contributed by atoms with Gasteiger partial charge in [0.25, 0.3) is 0 Å². The van der Waals surface area contributed by atoms with Crippen LogP contribution in [-0.2, 0) is 27.8 Å². The number of carbonyl (C=O) groups is 1. The van der Waals surface area contributed by atoms with Crippen molar-refractivity contribution in [3.8, 4) is 0 Å². The normalized spacial score (nSPS) is 21.0. The number of fused-ring (bicyclic) bond motifs is 4. The van der Waals surface area contributed by atoms with E-state index in [1.807, 2.05) is 6.92 Å². The molecule has 3 heterocycles. The summed E-state index contributed by atoms with van der Waals surface area (Å²) >= 11 is 0.978. The van der Waals surface area contributed by atoms with E-state index in [2.05, 4.69) is 4.28 Å². The molecule has 0 aliphatic carbocycles. The van der Waals surface area contributed by atoms with Gasteiger partial charge in [-0.2, -0.15) is 13.5 Å². The summed E-state index contributed by atoms with van der Waals surface area (Å²) in [6, 6.07) is -1.34. The van der Waals surface area contributed by atoms with Crippen molar-refractivity contribution in [1.82, 2.24) is 14.5 Å². The fourth-order valence-electron chi connectivity index (χ4n) is 2.65. The van der Waals surface area contributed by atoms with Crippen LogP contribution in [0.4, 0.5) is 4.79 Å². The highest BCUT2D eigenvalue weighted by Gasteiger charge is 2.48. The van der Waals surface area contributed by atoms with E-state index in [1.54, 1.807) is 4.57 Å². The third-order valence-corrected chi connectivity index (χ3v) is 4.90. The van der Waals surface area contributed by atoms with E-state index in [4.69, 9.17) is 4.55 Å². The van der Waals surface area contributed by atoms with Crippen LogP contribution in [0.25, 0.3) is 0 Å². The van der Waals surface area contributed by atoms with E-state index < -0.39 is 22.5 Å². The molecule has 0 saturated carbocycles. The Morgan fingerprint density at radius 1 is 1.43 bits per heavy atom. The van der Waals surface area contributed by atoms with Gasteiger partial charge in [0, 0.05) is 6.54 Å². The number of aromatic nitrogens is 1. The SMILES string of the molecule is CCCn1c2c(sc1=O)C1CN(C2)C(=O)N1OS(=O)(=O)O. The number of thiazole rings is 1. The van der Waals surface area contributed by atoms with Crippen molar-refractivity contribution in [3.63, 3.8) is 0 Å². The molecular weight excluding hydrogens is 322 g/mol. The zero-order chi connectivity index (χ0) is 15.4. The van der Waals surface area contributed by atoms with Crippen LogP contribution in [-0.4, -0.2) is 40.1 Å². The molecule has 116 valence electrons. The second kappa shape index (κ2) is 4.80. The van der Waals surface area contributed by atoms with Gasteiger partial charge in [0.05, 0.1) is 23.7 Å². The summed E-state index contributed by atoms with van der Waals surface area (Å²) in [5.41, 5.74) is 0.706. The van der Waals surface area contributed by atoms with E-state index in [-0.39, 0.29) is 18.0 Å². The predicted molar refractivity (Wildman–Crippen MR) is 71.9 cm³/mol. The molecule has 2 amide bonds. The number of rotatable bonds is 4. The van der Waals surface area contributed by atoms with Crippen LogP contribution in [0.5, 0.6) is 0 Å². The fraction of sp³-hybridized carbons (Fsp3) is 0.600. The molecule has 9 nitrogen and oxygen atoms in total. The zero-order valence-electron chi connectivity index (χ0n) is 11.1. The monoisotopic (exact) mass is 335 g/mol. The minimum absolute atomic E-state index is 0.144. The molecule has 1 saturated heterocycles. The van der Waals surface area contributed by atoms with Crippen LogP contribution in [0.15, 0.2) is 4.79 Å². The highest BCUT2D eigenvalue weighted by Crippen LogP contribution is 2.39. The first-order valence-corrected chi connectivity index (χ1v) is 8.47. The third kappa shape index (κ3) is 2.35. The molecule has 2 aliphatic rings. The standard InChI is InChI=1S/C10H13N3O6S2/c1-2-3-12-6-4-11-5-7(8(6)20-10(12)15)13(9(11)14)19-21(16,17)18/h7H,2-5H2,1H3,(H,16,17,18). The Kier molecular flexibility index (Phi) is 3.31. The zero-order valence-corrected chi connectivity index (χ0v) is 12.7. The number of nitrogens with zero attached hydrogens (tertiary/aromatic N) is 3. The maximum atomic E-state index is 12.1. The van der Waals surface area contributed by atoms with Gasteiger partial charge in [-0.05, 0) is 6.42 Å². The van der Waals surface area contributed by atoms with Crippen LogP contribution in [0.1, 0.15) is 30.0 Å². The van der Waals surface area contributed by atoms with Gasteiger partial charge >= 0.3 is 21.3 Å². The highest BCUT2D eigenvalue weighted by atomic mass is 32.3. The lowest BCUT2D eigenvalue weighted by Crippen LogP contribution is -2.33. The Bertz CT molecular complexity index is 751. The Morgan fingerprint density at radius 2 is 2.14 bits per heavy atom. The summed E-state index contributed by atoms with van der Waals surface area (Å²) in [4.78, 5) is 25.9. The molecule has 21 heavy (non-hydrogen) atoms. The smallest absolute Gasteiger partial charge is 0.314 e. The molecule has 2 aliphatic heterocycles. The maximum absolute atomic E-state index is 12.1. The van der Waals surface area contributed by atoms with Gasteiger partial charge in [-0.1, -0.05) is 18.3 Å². The van der Waals surface area contributed by atoms with E-state index >= 15 is 0 Å². The molecule has 1 unspecified atom stereocenters. The van der Waals surface area contributed by atoms with Crippen LogP contribution in [0, 0.1) is 0 Å². The van der Waals surface area contributed by atoms with Crippen LogP contribution < -0.4 is 4.87 Å². The van der Waals surface area contributed by atoms with Gasteiger partial charge in [0.2, 0.25) is 0 Å². The van der Waals surface area contributed by atoms with Crippen molar-refractivity contribution in [3.05, 3.63) is 20.2 Å². The van der Waals surface area contributed by atoms with Crippen molar-refractivity contribution < 1.29 is 22.0 Å². The lowest BCUT2D eigenvalue weighted by molar-refractivity contribution is -0.0308. The van der Waals surface area contributed by atoms with Gasteiger partial charge < -0.3 is 9.47 Å². The van der Waals surface area contributed by atoms with Crippen LogP contribution >= 0.6 is 11.3 Å². The summed E-state index contributed by atoms with van der Waals surface area (Å²) < 4.78 is 36.5. The van der Waals surface area contributed by atoms with Crippen molar-refractivity contribution in [2.24, 2.45) is 0 Å². The Balaban J connectivity index is 2.04.